The van der Waals surface area contributed by atoms with Gasteiger partial charge >= 0.3 is 12.1 Å². The molecule has 0 aromatic heterocycles. The molecule has 1 saturated heterocycles. The highest BCUT2D eigenvalue weighted by molar-refractivity contribution is 6.00. The van der Waals surface area contributed by atoms with Gasteiger partial charge in [0.15, 0.2) is 0 Å². The zero-order valence-corrected chi connectivity index (χ0v) is 13.0. The summed E-state index contributed by atoms with van der Waals surface area (Å²) in [7, 11) is 0. The Morgan fingerprint density at radius 1 is 1.25 bits per heavy atom. The molecule has 1 fully saturated rings. The lowest BCUT2D eigenvalue weighted by molar-refractivity contribution is -0.171. The number of benzene rings is 1. The van der Waals surface area contributed by atoms with Gasteiger partial charge in [0.05, 0.1) is 5.56 Å². The quantitative estimate of drug-likeness (QED) is 0.880. The van der Waals surface area contributed by atoms with Crippen molar-refractivity contribution in [3.8, 4) is 0 Å². The van der Waals surface area contributed by atoms with Gasteiger partial charge in [-0.05, 0) is 43.4 Å². The lowest BCUT2D eigenvalue weighted by atomic mass is 9.90. The normalized spacial score (nSPS) is 17.3. The van der Waals surface area contributed by atoms with Crippen molar-refractivity contribution in [2.75, 3.05) is 13.2 Å². The zero-order chi connectivity index (χ0) is 17.9. The van der Waals surface area contributed by atoms with E-state index in [2.05, 4.69) is 0 Å². The minimum absolute atomic E-state index is 0.0730. The molecular formula is C16H18F3NO4. The van der Waals surface area contributed by atoms with Crippen molar-refractivity contribution in [3.05, 3.63) is 34.9 Å². The Morgan fingerprint density at radius 2 is 1.83 bits per heavy atom. The number of carbonyl (C=O) groups is 2. The van der Waals surface area contributed by atoms with Crippen molar-refractivity contribution in [3.63, 3.8) is 0 Å². The number of hydrogen-bond donors (Lipinski definition) is 2. The van der Waals surface area contributed by atoms with E-state index in [1.54, 1.807) is 0 Å². The maximum atomic E-state index is 13.3. The second-order valence-electron chi connectivity index (χ2n) is 5.73. The molecule has 1 aromatic carbocycles. The second kappa shape index (κ2) is 7.21. The minimum Gasteiger partial charge on any atom is -0.478 e. The second-order valence-corrected chi connectivity index (χ2v) is 5.73. The molecule has 132 valence electrons. The van der Waals surface area contributed by atoms with Crippen LogP contribution >= 0.6 is 0 Å². The number of nitrogens with one attached hydrogen (secondary N) is 1. The average Bonchev–Trinajstić information content (AvgIpc) is 2.52. The maximum absolute atomic E-state index is 13.3. The number of hydrogen-bond acceptors (Lipinski definition) is 3. The van der Waals surface area contributed by atoms with E-state index in [-0.39, 0.29) is 42.7 Å². The molecule has 1 amide bonds. The van der Waals surface area contributed by atoms with Gasteiger partial charge in [-0.1, -0.05) is 6.07 Å². The van der Waals surface area contributed by atoms with E-state index >= 15 is 0 Å². The number of rotatable bonds is 4. The number of aromatic carboxylic acids is 1. The minimum atomic E-state index is -4.59. The van der Waals surface area contributed by atoms with Crippen LogP contribution in [0.5, 0.6) is 0 Å². The third kappa shape index (κ3) is 4.05. The summed E-state index contributed by atoms with van der Waals surface area (Å²) in [6.07, 6.45) is -4.17. The van der Waals surface area contributed by atoms with Crippen LogP contribution in [0.4, 0.5) is 13.2 Å². The number of carbonyl (C=O) groups excluding carboxylic acids is 1. The van der Waals surface area contributed by atoms with Gasteiger partial charge in [-0.25, -0.2) is 4.79 Å². The molecule has 2 rings (SSSR count). The molecule has 0 unspecified atom stereocenters. The highest BCUT2D eigenvalue weighted by Crippen LogP contribution is 2.31. The van der Waals surface area contributed by atoms with E-state index in [4.69, 9.17) is 9.84 Å². The third-order valence-corrected chi connectivity index (χ3v) is 4.19. The molecule has 1 heterocycles. The molecule has 0 radical (unpaired) electrons. The predicted octanol–water partition coefficient (Wildman–Crippen LogP) is 2.78. The van der Waals surface area contributed by atoms with Gasteiger partial charge < -0.3 is 15.2 Å². The standard InChI is InChI=1S/C16H18F3NO4/c1-9-11(3-2-4-12(9)15(22)23)14(21)20-13(16(17,18)19)10-5-7-24-8-6-10/h2-4,10,13H,5-8H2,1H3,(H,20,21)(H,22,23)/t13-/m1/s1. The first-order valence-electron chi connectivity index (χ1n) is 7.50. The molecule has 0 saturated carbocycles. The SMILES string of the molecule is Cc1c(C(=O)O)cccc1C(=O)N[C@H](C1CCOCC1)C(F)(F)F. The Balaban J connectivity index is 2.25. The molecule has 5 nitrogen and oxygen atoms in total. The summed E-state index contributed by atoms with van der Waals surface area (Å²) >= 11 is 0. The summed E-state index contributed by atoms with van der Waals surface area (Å²) in [5, 5.41) is 11.1. The van der Waals surface area contributed by atoms with Gasteiger partial charge in [0.25, 0.3) is 5.91 Å². The van der Waals surface area contributed by atoms with Crippen molar-refractivity contribution in [1.29, 1.82) is 0 Å². The largest absolute Gasteiger partial charge is 0.478 e. The lowest BCUT2D eigenvalue weighted by Gasteiger charge is -2.32. The van der Waals surface area contributed by atoms with E-state index in [0.29, 0.717) is 0 Å². The smallest absolute Gasteiger partial charge is 0.408 e. The van der Waals surface area contributed by atoms with E-state index in [9.17, 15) is 22.8 Å². The maximum Gasteiger partial charge on any atom is 0.408 e. The first kappa shape index (κ1) is 18.3. The van der Waals surface area contributed by atoms with Gasteiger partial charge in [-0.15, -0.1) is 0 Å². The molecule has 0 spiro atoms. The highest BCUT2D eigenvalue weighted by atomic mass is 19.4. The molecule has 1 aliphatic rings. The van der Waals surface area contributed by atoms with Crippen molar-refractivity contribution in [2.45, 2.75) is 32.0 Å². The van der Waals surface area contributed by atoms with Crippen LogP contribution in [-0.4, -0.2) is 42.4 Å². The van der Waals surface area contributed by atoms with Gasteiger partial charge in [-0.3, -0.25) is 4.79 Å². The fourth-order valence-electron chi connectivity index (χ4n) is 2.85. The molecular weight excluding hydrogens is 327 g/mol. The average molecular weight is 345 g/mol. The summed E-state index contributed by atoms with van der Waals surface area (Å²) in [5.74, 6) is -2.92. The van der Waals surface area contributed by atoms with Crippen LogP contribution in [0.3, 0.4) is 0 Å². The Labute approximate surface area is 136 Å². The van der Waals surface area contributed by atoms with Crippen molar-refractivity contribution in [1.82, 2.24) is 5.32 Å². The van der Waals surface area contributed by atoms with Crippen LogP contribution in [0.25, 0.3) is 0 Å². The van der Waals surface area contributed by atoms with Crippen LogP contribution in [-0.2, 0) is 4.74 Å². The Hall–Kier alpha value is -2.09. The van der Waals surface area contributed by atoms with Crippen molar-refractivity contribution in [2.24, 2.45) is 5.92 Å². The molecule has 1 atom stereocenters. The van der Waals surface area contributed by atoms with Crippen molar-refractivity contribution >= 4 is 11.9 Å². The van der Waals surface area contributed by atoms with Crippen LogP contribution in [0.15, 0.2) is 18.2 Å². The first-order chi connectivity index (χ1) is 11.2. The topological polar surface area (TPSA) is 75.6 Å². The Morgan fingerprint density at radius 3 is 2.38 bits per heavy atom. The van der Waals surface area contributed by atoms with Crippen molar-refractivity contribution < 1.29 is 32.6 Å². The fraction of sp³-hybridized carbons (Fsp3) is 0.500. The summed E-state index contributed by atoms with van der Waals surface area (Å²) in [5.41, 5.74) is -0.0520. The molecule has 24 heavy (non-hydrogen) atoms. The summed E-state index contributed by atoms with van der Waals surface area (Å²) in [6.45, 7) is 1.84. The number of alkyl halides is 3. The van der Waals surface area contributed by atoms with Crippen LogP contribution in [0.1, 0.15) is 39.1 Å². The summed E-state index contributed by atoms with van der Waals surface area (Å²) in [4.78, 5) is 23.4. The van der Waals surface area contributed by atoms with E-state index < -0.39 is 30.0 Å². The third-order valence-electron chi connectivity index (χ3n) is 4.19. The zero-order valence-electron chi connectivity index (χ0n) is 13.0. The van der Waals surface area contributed by atoms with E-state index in [1.807, 2.05) is 5.32 Å². The van der Waals surface area contributed by atoms with Gasteiger partial charge in [0, 0.05) is 18.8 Å². The number of carboxylic acids is 1. The van der Waals surface area contributed by atoms with Crippen LogP contribution in [0.2, 0.25) is 0 Å². The lowest BCUT2D eigenvalue weighted by Crippen LogP contribution is -2.51. The number of ether oxygens (including phenoxy) is 1. The van der Waals surface area contributed by atoms with Gasteiger partial charge in [0.2, 0.25) is 0 Å². The number of amides is 1. The Kier molecular flexibility index (Phi) is 5.48. The number of halogens is 3. The highest BCUT2D eigenvalue weighted by Gasteiger charge is 2.46. The number of carboxylic acid groups (broad SMARTS) is 1. The van der Waals surface area contributed by atoms with Gasteiger partial charge in [0.1, 0.15) is 6.04 Å². The van der Waals surface area contributed by atoms with E-state index in [0.717, 1.165) is 0 Å². The molecule has 8 heteroatoms. The van der Waals surface area contributed by atoms with Gasteiger partial charge in [-0.2, -0.15) is 13.2 Å². The molecule has 2 N–H and O–H groups in total. The summed E-state index contributed by atoms with van der Waals surface area (Å²) < 4.78 is 45.1. The summed E-state index contributed by atoms with van der Waals surface area (Å²) in [6, 6.07) is 1.97. The van der Waals surface area contributed by atoms with E-state index in [1.165, 1.54) is 25.1 Å². The monoisotopic (exact) mass is 345 g/mol. The van der Waals surface area contributed by atoms with Crippen LogP contribution in [0, 0.1) is 12.8 Å². The fourth-order valence-corrected chi connectivity index (χ4v) is 2.85. The first-order valence-corrected chi connectivity index (χ1v) is 7.50. The molecule has 1 aromatic rings. The Bertz CT molecular complexity index is 624. The molecule has 0 bridgehead atoms. The molecule has 1 aliphatic heterocycles. The molecule has 0 aliphatic carbocycles. The van der Waals surface area contributed by atoms with Crippen LogP contribution < -0.4 is 5.32 Å². The predicted molar refractivity (Wildman–Crippen MR) is 79.0 cm³/mol.